The van der Waals surface area contributed by atoms with Crippen molar-refractivity contribution in [2.24, 2.45) is 0 Å². The summed E-state index contributed by atoms with van der Waals surface area (Å²) < 4.78 is 1.81. The number of carbonyl (C=O) groups excluding carboxylic acids is 2. The Balaban J connectivity index is 1.71. The van der Waals surface area contributed by atoms with Crippen molar-refractivity contribution in [3.8, 4) is 0 Å². The minimum absolute atomic E-state index is 0.0375. The smallest absolute Gasteiger partial charge is 0.282 e. The molecule has 0 saturated heterocycles. The Morgan fingerprint density at radius 2 is 1.92 bits per heavy atom. The highest BCUT2D eigenvalue weighted by atomic mass is 16.6. The molecule has 0 fully saturated rings. The summed E-state index contributed by atoms with van der Waals surface area (Å²) in [6, 6.07) is 7.81. The summed E-state index contributed by atoms with van der Waals surface area (Å²) in [7, 11) is 0. The number of benzene rings is 1. The Hall–Kier alpha value is -3.55. The van der Waals surface area contributed by atoms with E-state index in [1.807, 2.05) is 29.7 Å². The van der Waals surface area contributed by atoms with E-state index in [1.165, 1.54) is 18.2 Å². The second-order valence-corrected chi connectivity index (χ2v) is 5.86. The average molecular weight is 336 g/mol. The minimum Gasteiger partial charge on any atom is -0.306 e. The van der Waals surface area contributed by atoms with E-state index in [4.69, 9.17) is 0 Å². The Morgan fingerprint density at radius 3 is 2.68 bits per heavy atom. The maximum atomic E-state index is 12.6. The molecule has 0 N–H and O–H groups in total. The fourth-order valence-electron chi connectivity index (χ4n) is 3.01. The summed E-state index contributed by atoms with van der Waals surface area (Å²) in [5, 5.41) is 11.1. The van der Waals surface area contributed by atoms with Crippen LogP contribution in [-0.4, -0.2) is 31.0 Å². The van der Waals surface area contributed by atoms with Crippen LogP contribution in [0.15, 0.2) is 42.7 Å². The molecule has 2 aromatic heterocycles. The zero-order valence-corrected chi connectivity index (χ0v) is 13.2. The van der Waals surface area contributed by atoms with Crippen molar-refractivity contribution >= 4 is 23.1 Å². The summed E-state index contributed by atoms with van der Waals surface area (Å²) in [5.41, 5.74) is 1.82. The summed E-state index contributed by atoms with van der Waals surface area (Å²) in [6.07, 6.45) is 3.62. The third-order valence-corrected chi connectivity index (χ3v) is 4.14. The molecular formula is C17H12N4O4. The van der Waals surface area contributed by atoms with Gasteiger partial charge in [-0.05, 0) is 24.6 Å². The third-order valence-electron chi connectivity index (χ3n) is 4.14. The normalized spacial score (nSPS) is 13.6. The van der Waals surface area contributed by atoms with Crippen molar-refractivity contribution in [3.63, 3.8) is 0 Å². The van der Waals surface area contributed by atoms with Gasteiger partial charge in [0.2, 0.25) is 0 Å². The van der Waals surface area contributed by atoms with Gasteiger partial charge in [0.05, 0.1) is 22.7 Å². The zero-order valence-electron chi connectivity index (χ0n) is 13.2. The van der Waals surface area contributed by atoms with Crippen LogP contribution < -0.4 is 0 Å². The molecule has 0 bridgehead atoms. The van der Waals surface area contributed by atoms with Gasteiger partial charge in [-0.2, -0.15) is 0 Å². The molecule has 0 unspecified atom stereocenters. The number of rotatable bonds is 3. The molecule has 0 spiro atoms. The van der Waals surface area contributed by atoms with Gasteiger partial charge < -0.3 is 4.40 Å². The van der Waals surface area contributed by atoms with Crippen molar-refractivity contribution in [3.05, 3.63) is 75.2 Å². The van der Waals surface area contributed by atoms with Gasteiger partial charge in [-0.15, -0.1) is 0 Å². The molecule has 8 nitrogen and oxygen atoms in total. The quantitative estimate of drug-likeness (QED) is 0.415. The predicted molar refractivity (Wildman–Crippen MR) is 87.2 cm³/mol. The highest BCUT2D eigenvalue weighted by molar-refractivity contribution is 6.23. The van der Waals surface area contributed by atoms with E-state index in [1.54, 1.807) is 6.20 Å². The molecule has 0 atom stereocenters. The van der Waals surface area contributed by atoms with Crippen molar-refractivity contribution in [1.29, 1.82) is 0 Å². The maximum Gasteiger partial charge on any atom is 0.282 e. The Bertz CT molecular complexity index is 1070. The number of imide groups is 1. The van der Waals surface area contributed by atoms with Crippen LogP contribution >= 0.6 is 0 Å². The first kappa shape index (κ1) is 15.0. The lowest BCUT2D eigenvalue weighted by atomic mass is 10.1. The number of imidazole rings is 1. The molecule has 0 saturated carbocycles. The number of amides is 2. The summed E-state index contributed by atoms with van der Waals surface area (Å²) >= 11 is 0. The van der Waals surface area contributed by atoms with E-state index in [0.717, 1.165) is 10.5 Å². The van der Waals surface area contributed by atoms with Crippen LogP contribution in [0.5, 0.6) is 0 Å². The van der Waals surface area contributed by atoms with Crippen molar-refractivity contribution in [2.45, 2.75) is 13.5 Å². The molecule has 0 aliphatic carbocycles. The van der Waals surface area contributed by atoms with Crippen LogP contribution in [0.25, 0.3) is 5.65 Å². The number of aromatic nitrogens is 2. The number of nitro groups is 1. The summed E-state index contributed by atoms with van der Waals surface area (Å²) in [4.78, 5) is 40.9. The number of hydrogen-bond donors (Lipinski definition) is 0. The second-order valence-electron chi connectivity index (χ2n) is 5.86. The van der Waals surface area contributed by atoms with Gasteiger partial charge in [0.25, 0.3) is 17.5 Å². The number of pyridine rings is 1. The van der Waals surface area contributed by atoms with Crippen molar-refractivity contribution in [2.75, 3.05) is 0 Å². The van der Waals surface area contributed by atoms with Crippen molar-refractivity contribution in [1.82, 2.24) is 14.3 Å². The lowest BCUT2D eigenvalue weighted by Crippen LogP contribution is -2.29. The molecule has 4 rings (SSSR count). The van der Waals surface area contributed by atoms with Gasteiger partial charge in [0.15, 0.2) is 0 Å². The highest BCUT2D eigenvalue weighted by Crippen LogP contribution is 2.31. The van der Waals surface area contributed by atoms with Crippen molar-refractivity contribution < 1.29 is 14.5 Å². The SMILES string of the molecule is Cc1ccc2nc(CN3C(=O)c4cccc([N+](=O)[O-])c4C3=O)cn2c1. The van der Waals surface area contributed by atoms with Gasteiger partial charge >= 0.3 is 0 Å². The molecule has 1 aromatic carbocycles. The highest BCUT2D eigenvalue weighted by Gasteiger charge is 2.41. The van der Waals surface area contributed by atoms with Gasteiger partial charge in [0.1, 0.15) is 11.2 Å². The van der Waals surface area contributed by atoms with Gasteiger partial charge in [-0.25, -0.2) is 4.98 Å². The molecule has 1 aliphatic heterocycles. The molecule has 0 radical (unpaired) electrons. The van der Waals surface area contributed by atoms with Crippen LogP contribution in [0.3, 0.4) is 0 Å². The largest absolute Gasteiger partial charge is 0.306 e. The molecule has 124 valence electrons. The number of fused-ring (bicyclic) bond motifs is 2. The van der Waals surface area contributed by atoms with E-state index in [2.05, 4.69) is 4.98 Å². The van der Waals surface area contributed by atoms with E-state index in [9.17, 15) is 19.7 Å². The van der Waals surface area contributed by atoms with Crippen LogP contribution in [0.1, 0.15) is 32.0 Å². The first-order valence-electron chi connectivity index (χ1n) is 7.53. The van der Waals surface area contributed by atoms with E-state index < -0.39 is 16.7 Å². The van der Waals surface area contributed by atoms with E-state index in [0.29, 0.717) is 11.3 Å². The number of aryl methyl sites for hydroxylation is 1. The van der Waals surface area contributed by atoms with Gasteiger partial charge in [-0.3, -0.25) is 24.6 Å². The first-order chi connectivity index (χ1) is 12.0. The Labute approximate surface area is 141 Å². The number of nitro benzene ring substituents is 1. The molecule has 3 aromatic rings. The lowest BCUT2D eigenvalue weighted by molar-refractivity contribution is -0.385. The van der Waals surface area contributed by atoms with Crippen LogP contribution in [0, 0.1) is 17.0 Å². The first-order valence-corrected chi connectivity index (χ1v) is 7.53. The van der Waals surface area contributed by atoms with E-state index in [-0.39, 0.29) is 23.4 Å². The Kier molecular flexibility index (Phi) is 3.14. The number of hydrogen-bond acceptors (Lipinski definition) is 5. The van der Waals surface area contributed by atoms with E-state index >= 15 is 0 Å². The topological polar surface area (TPSA) is 97.8 Å². The second kappa shape index (κ2) is 5.23. The number of carbonyl (C=O) groups is 2. The minimum atomic E-state index is -0.666. The average Bonchev–Trinajstić information content (AvgIpc) is 3.08. The number of nitrogens with zero attached hydrogens (tertiary/aromatic N) is 4. The fraction of sp³-hybridized carbons (Fsp3) is 0.118. The Morgan fingerprint density at radius 1 is 1.12 bits per heavy atom. The monoisotopic (exact) mass is 336 g/mol. The fourth-order valence-corrected chi connectivity index (χ4v) is 3.01. The van der Waals surface area contributed by atoms with Crippen LogP contribution in [0.2, 0.25) is 0 Å². The third kappa shape index (κ3) is 2.26. The van der Waals surface area contributed by atoms with Gasteiger partial charge in [-0.1, -0.05) is 12.1 Å². The predicted octanol–water partition coefficient (Wildman–Crippen LogP) is 2.35. The molecule has 25 heavy (non-hydrogen) atoms. The van der Waals surface area contributed by atoms with Crippen LogP contribution in [-0.2, 0) is 6.54 Å². The molecular weight excluding hydrogens is 324 g/mol. The summed E-state index contributed by atoms with van der Waals surface area (Å²) in [5.74, 6) is -1.21. The zero-order chi connectivity index (χ0) is 17.7. The van der Waals surface area contributed by atoms with Crippen LogP contribution in [0.4, 0.5) is 5.69 Å². The maximum absolute atomic E-state index is 12.6. The lowest BCUT2D eigenvalue weighted by Gasteiger charge is -2.11. The standard InChI is InChI=1S/C17H12N4O4/c1-10-5-6-14-18-11(8-19(14)7-10)9-20-16(22)12-3-2-4-13(21(24)25)15(12)17(20)23/h2-8H,9H2,1H3. The molecule has 2 amide bonds. The summed E-state index contributed by atoms with van der Waals surface area (Å²) in [6.45, 7) is 1.91. The molecule has 1 aliphatic rings. The van der Waals surface area contributed by atoms with Gasteiger partial charge in [0, 0.05) is 18.5 Å². The molecule has 8 heteroatoms. The molecule has 3 heterocycles.